The van der Waals surface area contributed by atoms with Crippen LogP contribution < -0.4 is 5.32 Å². The van der Waals surface area contributed by atoms with Gasteiger partial charge in [0.2, 0.25) is 5.91 Å². The highest BCUT2D eigenvalue weighted by Gasteiger charge is 2.00. The second-order valence-corrected chi connectivity index (χ2v) is 2.30. The summed E-state index contributed by atoms with van der Waals surface area (Å²) in [6, 6.07) is 0. The fourth-order valence-corrected chi connectivity index (χ4v) is 0.592. The summed E-state index contributed by atoms with van der Waals surface area (Å²) in [5.41, 5.74) is 0.410. The van der Waals surface area contributed by atoms with Crippen molar-refractivity contribution < 1.29 is 14.3 Å². The van der Waals surface area contributed by atoms with Crippen molar-refractivity contribution in [2.45, 2.75) is 6.92 Å². The smallest absolute Gasteiger partial charge is 0.332 e. The van der Waals surface area contributed by atoms with Gasteiger partial charge in [0, 0.05) is 11.8 Å². The average molecular weight is 192 g/mol. The predicted octanol–water partition coefficient (Wildman–Crippen LogP) is 0.418. The SMILES string of the molecule is COC(=O)/C=C(\C)NC(=O)CCl. The normalized spacial score (nSPS) is 10.8. The van der Waals surface area contributed by atoms with Crippen LogP contribution >= 0.6 is 11.6 Å². The second kappa shape index (κ2) is 5.60. The van der Waals surface area contributed by atoms with Gasteiger partial charge in [-0.1, -0.05) is 0 Å². The number of amides is 1. The largest absolute Gasteiger partial charge is 0.466 e. The molecule has 1 N–H and O–H groups in total. The first-order valence-electron chi connectivity index (χ1n) is 3.22. The molecule has 0 aromatic heterocycles. The Morgan fingerprint density at radius 1 is 1.58 bits per heavy atom. The summed E-state index contributed by atoms with van der Waals surface area (Å²) in [6.07, 6.45) is 1.17. The van der Waals surface area contributed by atoms with Gasteiger partial charge in [-0.3, -0.25) is 4.79 Å². The standard InChI is InChI=1S/C7H10ClNO3/c1-5(3-7(11)12-2)9-6(10)4-8/h3H,4H2,1-2H3,(H,9,10)/b5-3+. The van der Waals surface area contributed by atoms with Crippen LogP contribution in [0.5, 0.6) is 0 Å². The molecule has 12 heavy (non-hydrogen) atoms. The van der Waals surface area contributed by atoms with Crippen molar-refractivity contribution in [3.8, 4) is 0 Å². The monoisotopic (exact) mass is 191 g/mol. The van der Waals surface area contributed by atoms with E-state index in [0.29, 0.717) is 5.70 Å². The summed E-state index contributed by atoms with van der Waals surface area (Å²) in [4.78, 5) is 21.3. The van der Waals surface area contributed by atoms with Crippen LogP contribution in [0, 0.1) is 0 Å². The third-order valence-electron chi connectivity index (χ3n) is 0.993. The number of carbonyl (C=O) groups excluding carboxylic acids is 2. The average Bonchev–Trinajstić information content (AvgIpc) is 2.03. The molecule has 0 aromatic rings. The van der Waals surface area contributed by atoms with Gasteiger partial charge in [0.1, 0.15) is 5.88 Å². The number of hydrogen-bond donors (Lipinski definition) is 1. The zero-order chi connectivity index (χ0) is 9.56. The summed E-state index contributed by atoms with van der Waals surface area (Å²) < 4.78 is 4.34. The molecular weight excluding hydrogens is 182 g/mol. The van der Waals surface area contributed by atoms with Gasteiger partial charge in [-0.2, -0.15) is 0 Å². The first-order chi connectivity index (χ1) is 5.60. The molecule has 0 saturated heterocycles. The van der Waals surface area contributed by atoms with Crippen LogP contribution in [-0.2, 0) is 14.3 Å². The number of hydrogen-bond acceptors (Lipinski definition) is 3. The van der Waals surface area contributed by atoms with Crippen LogP contribution in [0.1, 0.15) is 6.92 Å². The maximum atomic E-state index is 10.7. The molecule has 68 valence electrons. The van der Waals surface area contributed by atoms with Crippen molar-refractivity contribution in [1.29, 1.82) is 0 Å². The molecule has 0 saturated carbocycles. The highest BCUT2D eigenvalue weighted by Crippen LogP contribution is 1.88. The third kappa shape index (κ3) is 4.73. The fraction of sp³-hybridized carbons (Fsp3) is 0.429. The number of rotatable bonds is 3. The Morgan fingerprint density at radius 3 is 2.58 bits per heavy atom. The minimum Gasteiger partial charge on any atom is -0.466 e. The first-order valence-corrected chi connectivity index (χ1v) is 3.75. The Balaban J connectivity index is 4.02. The summed E-state index contributed by atoms with van der Waals surface area (Å²) in [5.74, 6) is -0.997. The number of ether oxygens (including phenoxy) is 1. The molecular formula is C7H10ClNO3. The topological polar surface area (TPSA) is 55.4 Å². The van der Waals surface area contributed by atoms with Gasteiger partial charge in [-0.25, -0.2) is 4.79 Å². The van der Waals surface area contributed by atoms with Gasteiger partial charge in [-0.15, -0.1) is 11.6 Å². The summed E-state index contributed by atoms with van der Waals surface area (Å²) >= 11 is 5.21. The summed E-state index contributed by atoms with van der Waals surface area (Å²) in [6.45, 7) is 1.57. The minimum atomic E-state index is -0.512. The second-order valence-electron chi connectivity index (χ2n) is 2.03. The number of esters is 1. The third-order valence-corrected chi connectivity index (χ3v) is 1.24. The lowest BCUT2D eigenvalue weighted by molar-refractivity contribution is -0.134. The molecule has 0 fully saturated rings. The molecule has 5 heteroatoms. The Morgan fingerprint density at radius 2 is 2.17 bits per heavy atom. The highest BCUT2D eigenvalue weighted by molar-refractivity contribution is 6.27. The predicted molar refractivity (Wildman–Crippen MR) is 44.6 cm³/mol. The van der Waals surface area contributed by atoms with Crippen molar-refractivity contribution in [2.75, 3.05) is 13.0 Å². The molecule has 0 aliphatic rings. The number of methoxy groups -OCH3 is 1. The van der Waals surface area contributed by atoms with E-state index >= 15 is 0 Å². The lowest BCUT2D eigenvalue weighted by Gasteiger charge is -2.00. The van der Waals surface area contributed by atoms with E-state index in [1.54, 1.807) is 6.92 Å². The molecule has 0 spiro atoms. The van der Waals surface area contributed by atoms with E-state index in [9.17, 15) is 9.59 Å². The number of carbonyl (C=O) groups is 2. The number of allylic oxidation sites excluding steroid dienone is 1. The lowest BCUT2D eigenvalue weighted by Crippen LogP contribution is -2.23. The van der Waals surface area contributed by atoms with E-state index in [4.69, 9.17) is 11.6 Å². The van der Waals surface area contributed by atoms with Gasteiger partial charge in [-0.05, 0) is 6.92 Å². The Hall–Kier alpha value is -1.03. The molecule has 1 amide bonds. The molecule has 0 rings (SSSR count). The van der Waals surface area contributed by atoms with E-state index in [-0.39, 0.29) is 11.8 Å². The molecule has 0 atom stereocenters. The molecule has 0 aromatic carbocycles. The summed E-state index contributed by atoms with van der Waals surface area (Å²) in [7, 11) is 1.26. The maximum absolute atomic E-state index is 10.7. The van der Waals surface area contributed by atoms with Crippen LogP contribution in [0.25, 0.3) is 0 Å². The molecule has 0 bridgehead atoms. The fourth-order valence-electron chi connectivity index (χ4n) is 0.525. The van der Waals surface area contributed by atoms with Crippen LogP contribution in [-0.4, -0.2) is 24.9 Å². The van der Waals surface area contributed by atoms with E-state index in [0.717, 1.165) is 0 Å². The van der Waals surface area contributed by atoms with Gasteiger partial charge >= 0.3 is 5.97 Å². The van der Waals surface area contributed by atoms with Crippen molar-refractivity contribution in [3.63, 3.8) is 0 Å². The Bertz CT molecular complexity index is 213. The van der Waals surface area contributed by atoms with Crippen LogP contribution in [0.3, 0.4) is 0 Å². The Labute approximate surface area is 75.5 Å². The van der Waals surface area contributed by atoms with Crippen molar-refractivity contribution in [3.05, 3.63) is 11.8 Å². The number of halogens is 1. The maximum Gasteiger partial charge on any atom is 0.332 e. The van der Waals surface area contributed by atoms with Gasteiger partial charge in [0.15, 0.2) is 0 Å². The van der Waals surface area contributed by atoms with Crippen LogP contribution in [0.4, 0.5) is 0 Å². The van der Waals surface area contributed by atoms with Crippen LogP contribution in [0.15, 0.2) is 11.8 Å². The minimum absolute atomic E-state index is 0.133. The first kappa shape index (κ1) is 11.0. The highest BCUT2D eigenvalue weighted by atomic mass is 35.5. The molecule has 0 aliphatic heterocycles. The molecule has 0 aliphatic carbocycles. The van der Waals surface area contributed by atoms with Crippen LogP contribution in [0.2, 0.25) is 0 Å². The van der Waals surface area contributed by atoms with Crippen molar-refractivity contribution in [1.82, 2.24) is 5.32 Å². The van der Waals surface area contributed by atoms with Gasteiger partial charge < -0.3 is 10.1 Å². The summed E-state index contributed by atoms with van der Waals surface area (Å²) in [5, 5.41) is 2.38. The molecule has 0 radical (unpaired) electrons. The molecule has 0 unspecified atom stereocenters. The van der Waals surface area contributed by atoms with Gasteiger partial charge in [0.05, 0.1) is 7.11 Å². The zero-order valence-electron chi connectivity index (χ0n) is 6.89. The number of alkyl halides is 1. The van der Waals surface area contributed by atoms with E-state index < -0.39 is 5.97 Å². The number of nitrogens with one attached hydrogen (secondary N) is 1. The quantitative estimate of drug-likeness (QED) is 0.400. The van der Waals surface area contributed by atoms with Crippen molar-refractivity contribution in [2.24, 2.45) is 0 Å². The van der Waals surface area contributed by atoms with Crippen molar-refractivity contribution >= 4 is 23.5 Å². The lowest BCUT2D eigenvalue weighted by atomic mass is 10.4. The zero-order valence-corrected chi connectivity index (χ0v) is 7.64. The van der Waals surface area contributed by atoms with E-state index in [1.165, 1.54) is 13.2 Å². The van der Waals surface area contributed by atoms with E-state index in [2.05, 4.69) is 10.1 Å². The molecule has 4 nitrogen and oxygen atoms in total. The van der Waals surface area contributed by atoms with Gasteiger partial charge in [0.25, 0.3) is 0 Å². The molecule has 0 heterocycles. The Kier molecular flexibility index (Phi) is 5.12. The van der Waals surface area contributed by atoms with E-state index in [1.807, 2.05) is 0 Å².